The van der Waals surface area contributed by atoms with Gasteiger partial charge >= 0.3 is 0 Å². The predicted octanol–water partition coefficient (Wildman–Crippen LogP) is 2.51. The summed E-state index contributed by atoms with van der Waals surface area (Å²) in [6, 6.07) is 3.76. The van der Waals surface area contributed by atoms with E-state index in [1.165, 1.54) is 22.6 Å². The molecule has 2 aliphatic rings. The van der Waals surface area contributed by atoms with Gasteiger partial charge in [0.1, 0.15) is 5.75 Å². The summed E-state index contributed by atoms with van der Waals surface area (Å²) in [5.41, 5.74) is 3.17. The van der Waals surface area contributed by atoms with Crippen molar-refractivity contribution >= 4 is 40.4 Å². The van der Waals surface area contributed by atoms with Crippen LogP contribution in [0.25, 0.3) is 10.9 Å². The number of benzene rings is 1. The molecule has 33 heavy (non-hydrogen) atoms. The topological polar surface area (TPSA) is 97.0 Å². The molecule has 0 radical (unpaired) electrons. The molecule has 1 aromatic carbocycles. The second-order valence-electron chi connectivity index (χ2n) is 8.40. The average molecular weight is 471 g/mol. The number of thioether (sulfide) groups is 1. The molecule has 0 unspecified atom stereocenters. The summed E-state index contributed by atoms with van der Waals surface area (Å²) >= 11 is 1.69. The lowest BCUT2D eigenvalue weighted by Crippen LogP contribution is -2.48. The highest BCUT2D eigenvalue weighted by Crippen LogP contribution is 2.35. The minimum Gasteiger partial charge on any atom is -0.508 e. The molecule has 9 heteroatoms. The molecule has 8 nitrogen and oxygen atoms in total. The fraction of sp³-hybridized carbons (Fsp3) is 0.458. The number of carbonyl (C=O) groups excluding carboxylic acids is 3. The molecule has 1 aromatic heterocycles. The molecular weight excluding hydrogens is 440 g/mol. The van der Waals surface area contributed by atoms with Gasteiger partial charge in [0.05, 0.1) is 10.5 Å². The second-order valence-corrected chi connectivity index (χ2v) is 9.21. The van der Waals surface area contributed by atoms with Crippen LogP contribution >= 0.6 is 11.8 Å². The van der Waals surface area contributed by atoms with Crippen LogP contribution < -0.4 is 0 Å². The van der Waals surface area contributed by atoms with E-state index in [9.17, 15) is 19.5 Å². The van der Waals surface area contributed by atoms with E-state index in [-0.39, 0.29) is 30.0 Å². The Morgan fingerprint density at radius 3 is 2.42 bits per heavy atom. The Bertz CT molecular complexity index is 1080. The van der Waals surface area contributed by atoms with Crippen LogP contribution in [0, 0.1) is 0 Å². The van der Waals surface area contributed by atoms with Crippen molar-refractivity contribution in [3.8, 4) is 5.75 Å². The van der Waals surface area contributed by atoms with Gasteiger partial charge < -0.3 is 15.0 Å². The van der Waals surface area contributed by atoms with Crippen LogP contribution in [0.4, 0.5) is 0 Å². The van der Waals surface area contributed by atoms with Gasteiger partial charge in [-0.2, -0.15) is 0 Å². The van der Waals surface area contributed by atoms with E-state index in [4.69, 9.17) is 0 Å². The fourth-order valence-electron chi connectivity index (χ4n) is 4.60. The highest BCUT2D eigenvalue weighted by atomic mass is 32.2. The third-order valence-corrected chi connectivity index (χ3v) is 7.22. The quantitative estimate of drug-likeness (QED) is 0.455. The van der Waals surface area contributed by atoms with Crippen molar-refractivity contribution < 1.29 is 19.5 Å². The van der Waals surface area contributed by atoms with Crippen molar-refractivity contribution in [2.75, 3.05) is 39.0 Å². The number of aromatic amines is 1. The van der Waals surface area contributed by atoms with Gasteiger partial charge in [-0.1, -0.05) is 6.92 Å². The number of fused-ring (bicyclic) bond motifs is 1. The monoisotopic (exact) mass is 470 g/mol. The number of phenolic OH excluding ortho intramolecular Hbond substituents is 1. The summed E-state index contributed by atoms with van der Waals surface area (Å²) in [4.78, 5) is 44.6. The summed E-state index contributed by atoms with van der Waals surface area (Å²) in [6.07, 6.45) is 6.30. The van der Waals surface area contributed by atoms with Gasteiger partial charge in [0, 0.05) is 68.8 Å². The lowest BCUT2D eigenvalue weighted by molar-refractivity contribution is -0.138. The first kappa shape index (κ1) is 23.4. The number of hydrogen-bond donors (Lipinski definition) is 2. The first-order chi connectivity index (χ1) is 15.9. The van der Waals surface area contributed by atoms with Crippen molar-refractivity contribution in [3.63, 3.8) is 0 Å². The molecule has 0 spiro atoms. The van der Waals surface area contributed by atoms with Gasteiger partial charge in [-0.25, -0.2) is 0 Å². The molecule has 1 fully saturated rings. The third kappa shape index (κ3) is 4.79. The number of aromatic hydroxyl groups is 1. The maximum absolute atomic E-state index is 12.6. The van der Waals surface area contributed by atoms with Crippen molar-refractivity contribution in [1.82, 2.24) is 19.7 Å². The van der Waals surface area contributed by atoms with Gasteiger partial charge in [0.15, 0.2) is 0 Å². The number of imide groups is 1. The van der Waals surface area contributed by atoms with E-state index in [0.29, 0.717) is 32.5 Å². The molecule has 3 heterocycles. The molecule has 4 rings (SSSR count). The number of H-pyrrole nitrogens is 1. The van der Waals surface area contributed by atoms with E-state index in [1.807, 2.05) is 11.0 Å². The number of amides is 3. The van der Waals surface area contributed by atoms with Gasteiger partial charge in [-0.05, 0) is 36.8 Å². The first-order valence-corrected chi connectivity index (χ1v) is 12.6. The second kappa shape index (κ2) is 10.0. The Balaban J connectivity index is 1.32. The molecule has 0 atom stereocenters. The number of rotatable bonds is 8. The van der Waals surface area contributed by atoms with Gasteiger partial charge in [-0.3, -0.25) is 24.2 Å². The Hall–Kier alpha value is -2.78. The van der Waals surface area contributed by atoms with Gasteiger partial charge in [0.2, 0.25) is 5.91 Å². The lowest BCUT2D eigenvalue weighted by Gasteiger charge is -2.35. The third-order valence-electron chi connectivity index (χ3n) is 6.46. The summed E-state index contributed by atoms with van der Waals surface area (Å²) in [7, 11) is 0. The number of aryl methyl sites for hydroxylation is 1. The average Bonchev–Trinajstić information content (AvgIpc) is 3.35. The van der Waals surface area contributed by atoms with Crippen molar-refractivity contribution in [3.05, 3.63) is 35.4 Å². The molecule has 2 N–H and O–H groups in total. The van der Waals surface area contributed by atoms with Crippen molar-refractivity contribution in [1.29, 1.82) is 0 Å². The fourth-order valence-corrected chi connectivity index (χ4v) is 5.31. The Labute approximate surface area is 197 Å². The Morgan fingerprint density at radius 2 is 1.79 bits per heavy atom. The molecule has 2 aliphatic heterocycles. The SMILES string of the molecule is CCc1c(SC)[nH]c2c(CN3CCN(C(=O)CCCN4C(=O)C=CC4=O)CC3)c(O)ccc12. The minimum atomic E-state index is -0.308. The summed E-state index contributed by atoms with van der Waals surface area (Å²) in [5, 5.41) is 12.9. The number of nitrogens with one attached hydrogen (secondary N) is 1. The van der Waals surface area contributed by atoms with Crippen molar-refractivity contribution in [2.45, 2.75) is 37.8 Å². The highest BCUT2D eigenvalue weighted by molar-refractivity contribution is 7.98. The lowest BCUT2D eigenvalue weighted by atomic mass is 10.1. The maximum atomic E-state index is 12.6. The van der Waals surface area contributed by atoms with Crippen molar-refractivity contribution in [2.24, 2.45) is 0 Å². The van der Waals surface area contributed by atoms with E-state index in [0.717, 1.165) is 41.0 Å². The Morgan fingerprint density at radius 1 is 1.09 bits per heavy atom. The predicted molar refractivity (Wildman–Crippen MR) is 128 cm³/mol. The van der Waals surface area contributed by atoms with Crippen LogP contribution in [-0.2, 0) is 27.3 Å². The number of aromatic nitrogens is 1. The molecule has 176 valence electrons. The zero-order valence-corrected chi connectivity index (χ0v) is 19.9. The van der Waals surface area contributed by atoms with Crippen LogP contribution in [0.15, 0.2) is 29.3 Å². The van der Waals surface area contributed by atoms with E-state index in [2.05, 4.69) is 23.1 Å². The van der Waals surface area contributed by atoms with E-state index >= 15 is 0 Å². The van der Waals surface area contributed by atoms with E-state index in [1.54, 1.807) is 17.8 Å². The molecule has 1 saturated heterocycles. The highest BCUT2D eigenvalue weighted by Gasteiger charge is 2.25. The summed E-state index contributed by atoms with van der Waals surface area (Å²) in [6.45, 7) is 5.74. The van der Waals surface area contributed by atoms with Gasteiger partial charge in [-0.15, -0.1) is 11.8 Å². The number of piperazine rings is 1. The molecule has 0 aliphatic carbocycles. The molecule has 2 aromatic rings. The normalized spacial score (nSPS) is 17.0. The molecule has 0 bridgehead atoms. The Kier molecular flexibility index (Phi) is 7.09. The van der Waals surface area contributed by atoms with Crippen LogP contribution in [0.3, 0.4) is 0 Å². The zero-order valence-electron chi connectivity index (χ0n) is 19.1. The standard InChI is InChI=1S/C24H30N4O4S/c1-3-16-17-6-7-19(29)18(23(17)25-24(16)33-2)15-26-11-13-27(14-12-26)20(30)5-4-10-28-21(31)8-9-22(28)32/h6-9,25,29H,3-5,10-15H2,1-2H3. The summed E-state index contributed by atoms with van der Waals surface area (Å²) in [5.74, 6) is -0.277. The van der Waals surface area contributed by atoms with Gasteiger partial charge in [0.25, 0.3) is 11.8 Å². The smallest absolute Gasteiger partial charge is 0.253 e. The molecule has 0 saturated carbocycles. The van der Waals surface area contributed by atoms with Crippen LogP contribution in [0.1, 0.15) is 30.9 Å². The number of phenols is 1. The molecular formula is C24H30N4O4S. The van der Waals surface area contributed by atoms with Crippen LogP contribution in [0.2, 0.25) is 0 Å². The first-order valence-electron chi connectivity index (χ1n) is 11.4. The number of nitrogens with zero attached hydrogens (tertiary/aromatic N) is 3. The van der Waals surface area contributed by atoms with E-state index < -0.39 is 0 Å². The number of hydrogen-bond acceptors (Lipinski definition) is 6. The summed E-state index contributed by atoms with van der Waals surface area (Å²) < 4.78 is 0. The largest absolute Gasteiger partial charge is 0.508 e. The minimum absolute atomic E-state index is 0.0493. The molecule has 3 amide bonds. The maximum Gasteiger partial charge on any atom is 0.253 e. The van der Waals surface area contributed by atoms with Crippen LogP contribution in [0.5, 0.6) is 5.75 Å². The zero-order chi connectivity index (χ0) is 23.5. The van der Waals surface area contributed by atoms with Crippen LogP contribution in [-0.4, -0.2) is 81.5 Å². The number of carbonyl (C=O) groups is 3.